The standard InChI is InChI=1S/C12H10F3NO/c13-12(14,15)9-1-2-10-8(5-9)3-7(6-16)4-11(10)17/h1-5,17H,6,16H2. The lowest BCUT2D eigenvalue weighted by atomic mass is 10.0. The van der Waals surface area contributed by atoms with Crippen LogP contribution in [0.3, 0.4) is 0 Å². The van der Waals surface area contributed by atoms with Gasteiger partial charge in [0, 0.05) is 11.9 Å². The minimum atomic E-state index is -4.39. The summed E-state index contributed by atoms with van der Waals surface area (Å²) >= 11 is 0. The number of fused-ring (bicyclic) bond motifs is 1. The van der Waals surface area contributed by atoms with Crippen LogP contribution < -0.4 is 5.73 Å². The number of benzene rings is 2. The van der Waals surface area contributed by atoms with Crippen LogP contribution in [0, 0.1) is 0 Å². The zero-order chi connectivity index (χ0) is 12.6. The van der Waals surface area contributed by atoms with Crippen molar-refractivity contribution in [3.63, 3.8) is 0 Å². The van der Waals surface area contributed by atoms with Crippen molar-refractivity contribution < 1.29 is 18.3 Å². The zero-order valence-electron chi connectivity index (χ0n) is 8.75. The number of halogens is 3. The number of alkyl halides is 3. The Labute approximate surface area is 95.5 Å². The molecule has 17 heavy (non-hydrogen) atoms. The molecule has 0 aliphatic rings. The average molecular weight is 241 g/mol. The Bertz CT molecular complexity index is 563. The van der Waals surface area contributed by atoms with Crippen LogP contribution in [0.2, 0.25) is 0 Å². The van der Waals surface area contributed by atoms with E-state index < -0.39 is 11.7 Å². The fourth-order valence-electron chi connectivity index (χ4n) is 1.70. The molecule has 2 aromatic carbocycles. The van der Waals surface area contributed by atoms with E-state index in [4.69, 9.17) is 5.73 Å². The number of nitrogens with two attached hydrogens (primary N) is 1. The van der Waals surface area contributed by atoms with E-state index in [1.54, 1.807) is 6.07 Å². The Morgan fingerprint density at radius 3 is 2.41 bits per heavy atom. The number of phenolic OH excluding ortho intramolecular Hbond substituents is 1. The lowest BCUT2D eigenvalue weighted by Gasteiger charge is -2.09. The predicted octanol–water partition coefficient (Wildman–Crippen LogP) is 3.02. The third-order valence-corrected chi connectivity index (χ3v) is 2.55. The van der Waals surface area contributed by atoms with Crippen molar-refractivity contribution >= 4 is 10.8 Å². The van der Waals surface area contributed by atoms with Crippen LogP contribution in [-0.2, 0) is 12.7 Å². The van der Waals surface area contributed by atoms with E-state index in [1.807, 2.05) is 0 Å². The molecule has 2 nitrogen and oxygen atoms in total. The van der Waals surface area contributed by atoms with Crippen molar-refractivity contribution in [2.45, 2.75) is 12.7 Å². The first-order valence-corrected chi connectivity index (χ1v) is 4.95. The summed E-state index contributed by atoms with van der Waals surface area (Å²) in [6.45, 7) is 0.166. The molecule has 0 radical (unpaired) electrons. The van der Waals surface area contributed by atoms with Gasteiger partial charge in [0.1, 0.15) is 5.75 Å². The highest BCUT2D eigenvalue weighted by molar-refractivity contribution is 5.89. The Balaban J connectivity index is 2.68. The molecule has 0 spiro atoms. The summed E-state index contributed by atoms with van der Waals surface area (Å²) in [6.07, 6.45) is -4.39. The highest BCUT2D eigenvalue weighted by atomic mass is 19.4. The van der Waals surface area contributed by atoms with Gasteiger partial charge in [0.2, 0.25) is 0 Å². The highest BCUT2D eigenvalue weighted by Gasteiger charge is 2.30. The number of aromatic hydroxyl groups is 1. The Morgan fingerprint density at radius 1 is 1.12 bits per heavy atom. The molecule has 0 heterocycles. The van der Waals surface area contributed by atoms with Crippen LogP contribution >= 0.6 is 0 Å². The molecule has 0 aliphatic heterocycles. The molecule has 2 rings (SSSR count). The van der Waals surface area contributed by atoms with E-state index in [-0.39, 0.29) is 12.3 Å². The van der Waals surface area contributed by atoms with Gasteiger partial charge in [-0.1, -0.05) is 6.07 Å². The molecule has 0 saturated carbocycles. The average Bonchev–Trinajstić information content (AvgIpc) is 2.27. The molecule has 0 fully saturated rings. The second kappa shape index (κ2) is 3.92. The van der Waals surface area contributed by atoms with Crippen molar-refractivity contribution in [3.05, 3.63) is 41.5 Å². The second-order valence-corrected chi connectivity index (χ2v) is 3.75. The van der Waals surface area contributed by atoms with Gasteiger partial charge in [-0.15, -0.1) is 0 Å². The maximum absolute atomic E-state index is 12.5. The second-order valence-electron chi connectivity index (χ2n) is 3.75. The minimum absolute atomic E-state index is 0.0586. The van der Waals surface area contributed by atoms with Crippen molar-refractivity contribution in [2.75, 3.05) is 0 Å². The Hall–Kier alpha value is -1.75. The molecule has 0 unspecified atom stereocenters. The number of hydrogen-bond donors (Lipinski definition) is 2. The molecule has 0 aliphatic carbocycles. The van der Waals surface area contributed by atoms with E-state index in [1.165, 1.54) is 12.1 Å². The number of rotatable bonds is 1. The summed E-state index contributed by atoms with van der Waals surface area (Å²) in [5, 5.41) is 10.4. The van der Waals surface area contributed by atoms with Gasteiger partial charge in [-0.25, -0.2) is 0 Å². The van der Waals surface area contributed by atoms with E-state index in [0.717, 1.165) is 12.1 Å². The van der Waals surface area contributed by atoms with Gasteiger partial charge in [-0.3, -0.25) is 0 Å². The van der Waals surface area contributed by atoms with Gasteiger partial charge in [-0.2, -0.15) is 13.2 Å². The largest absolute Gasteiger partial charge is 0.507 e. The molecule has 2 aromatic rings. The maximum atomic E-state index is 12.5. The molecular formula is C12H10F3NO. The molecular weight excluding hydrogens is 231 g/mol. The Morgan fingerprint density at radius 2 is 1.82 bits per heavy atom. The molecule has 90 valence electrons. The smallest absolute Gasteiger partial charge is 0.416 e. The van der Waals surface area contributed by atoms with Crippen LogP contribution in [0.4, 0.5) is 13.2 Å². The molecule has 0 amide bonds. The first-order chi connectivity index (χ1) is 7.91. The summed E-state index contributed by atoms with van der Waals surface area (Å²) in [6, 6.07) is 6.21. The zero-order valence-corrected chi connectivity index (χ0v) is 8.75. The highest BCUT2D eigenvalue weighted by Crippen LogP contribution is 2.34. The lowest BCUT2D eigenvalue weighted by molar-refractivity contribution is -0.137. The van der Waals surface area contributed by atoms with Crippen LogP contribution in [0.1, 0.15) is 11.1 Å². The molecule has 0 aromatic heterocycles. The van der Waals surface area contributed by atoms with E-state index in [9.17, 15) is 18.3 Å². The molecule has 0 saturated heterocycles. The van der Waals surface area contributed by atoms with Crippen molar-refractivity contribution in [3.8, 4) is 5.75 Å². The Kier molecular flexibility index (Phi) is 2.71. The summed E-state index contributed by atoms with van der Waals surface area (Å²) < 4.78 is 37.5. The summed E-state index contributed by atoms with van der Waals surface area (Å²) in [5.41, 5.74) is 5.25. The number of phenols is 1. The minimum Gasteiger partial charge on any atom is -0.507 e. The molecule has 0 bridgehead atoms. The van der Waals surface area contributed by atoms with Gasteiger partial charge in [0.15, 0.2) is 0 Å². The van der Waals surface area contributed by atoms with Crippen molar-refractivity contribution in [1.82, 2.24) is 0 Å². The SMILES string of the molecule is NCc1cc(O)c2ccc(C(F)(F)F)cc2c1. The maximum Gasteiger partial charge on any atom is 0.416 e. The van der Waals surface area contributed by atoms with Crippen molar-refractivity contribution in [2.24, 2.45) is 5.73 Å². The molecule has 5 heteroatoms. The fourth-order valence-corrected chi connectivity index (χ4v) is 1.70. The van der Waals surface area contributed by atoms with Crippen LogP contribution in [-0.4, -0.2) is 5.11 Å². The van der Waals surface area contributed by atoms with Gasteiger partial charge < -0.3 is 10.8 Å². The monoisotopic (exact) mass is 241 g/mol. The third-order valence-electron chi connectivity index (χ3n) is 2.55. The van der Waals surface area contributed by atoms with Gasteiger partial charge in [0.05, 0.1) is 5.56 Å². The predicted molar refractivity (Wildman–Crippen MR) is 58.5 cm³/mol. The van der Waals surface area contributed by atoms with E-state index in [0.29, 0.717) is 16.3 Å². The van der Waals surface area contributed by atoms with Crippen LogP contribution in [0.25, 0.3) is 10.8 Å². The van der Waals surface area contributed by atoms with Gasteiger partial charge in [-0.05, 0) is 35.2 Å². The van der Waals surface area contributed by atoms with Crippen LogP contribution in [0.15, 0.2) is 30.3 Å². The first kappa shape index (κ1) is 11.7. The van der Waals surface area contributed by atoms with E-state index in [2.05, 4.69) is 0 Å². The summed E-state index contributed by atoms with van der Waals surface area (Å²) in [7, 11) is 0. The third kappa shape index (κ3) is 2.19. The molecule has 0 atom stereocenters. The first-order valence-electron chi connectivity index (χ1n) is 4.95. The summed E-state index contributed by atoms with van der Waals surface area (Å²) in [5.74, 6) is -0.0586. The van der Waals surface area contributed by atoms with Crippen molar-refractivity contribution in [1.29, 1.82) is 0 Å². The van der Waals surface area contributed by atoms with Gasteiger partial charge >= 0.3 is 6.18 Å². The topological polar surface area (TPSA) is 46.2 Å². The quantitative estimate of drug-likeness (QED) is 0.806. The normalized spacial score (nSPS) is 12.0. The number of hydrogen-bond acceptors (Lipinski definition) is 2. The fraction of sp³-hybridized carbons (Fsp3) is 0.167. The van der Waals surface area contributed by atoms with Crippen LogP contribution in [0.5, 0.6) is 5.75 Å². The van der Waals surface area contributed by atoms with E-state index >= 15 is 0 Å². The lowest BCUT2D eigenvalue weighted by Crippen LogP contribution is -2.04. The van der Waals surface area contributed by atoms with Gasteiger partial charge in [0.25, 0.3) is 0 Å². The molecule has 3 N–H and O–H groups in total. The summed E-state index contributed by atoms with van der Waals surface area (Å²) in [4.78, 5) is 0.